The molecular weight excluding hydrogens is 400 g/mol. The molecule has 0 aliphatic heterocycles. The van der Waals surface area contributed by atoms with Crippen LogP contribution in [0, 0.1) is 20.4 Å². The number of nitro groups is 1. The zero-order chi connectivity index (χ0) is 19.6. The minimum Gasteiger partial charge on any atom is -0.258 e. The standard InChI is InChI=1S/C15H11N4O2S.ClHO4/c20-19(21)13-5-1-10(2-6-13)7-11-3-4-12-8-16-15-18(14(11)12)17-9-22-15;2-1(3,4)5/h1-2,5-9H,3-4H2;(H,2,3,4,5)/q+1;/p-1. The van der Waals surface area contributed by atoms with Crippen LogP contribution in [0.4, 0.5) is 5.69 Å². The summed E-state index contributed by atoms with van der Waals surface area (Å²) in [6.07, 6.45) is 5.86. The Kier molecular flexibility index (Phi) is 5.41. The summed E-state index contributed by atoms with van der Waals surface area (Å²) in [4.78, 5) is 15.6. The van der Waals surface area contributed by atoms with E-state index in [9.17, 15) is 10.1 Å². The molecule has 3 aromatic rings. The van der Waals surface area contributed by atoms with Gasteiger partial charge in [-0.15, -0.1) is 10.2 Å². The lowest BCUT2D eigenvalue weighted by Gasteiger charge is -2.17. The molecule has 1 aliphatic rings. The van der Waals surface area contributed by atoms with Gasteiger partial charge in [-0.2, -0.15) is 0 Å². The third kappa shape index (κ3) is 4.80. The number of allylic oxidation sites excluding steroid dienone is 1. The number of aromatic nitrogens is 3. The molecule has 2 heterocycles. The molecule has 0 fully saturated rings. The van der Waals surface area contributed by atoms with Gasteiger partial charge < -0.3 is 0 Å². The Hall–Kier alpha value is -2.54. The Balaban J connectivity index is 0.000000376. The van der Waals surface area contributed by atoms with E-state index in [-0.39, 0.29) is 10.6 Å². The van der Waals surface area contributed by atoms with E-state index in [1.54, 1.807) is 17.6 Å². The summed E-state index contributed by atoms with van der Waals surface area (Å²) in [7, 11) is -4.94. The minimum absolute atomic E-state index is 0.106. The van der Waals surface area contributed by atoms with Crippen molar-refractivity contribution in [2.45, 2.75) is 12.8 Å². The number of halogens is 1. The molecule has 140 valence electrons. The summed E-state index contributed by atoms with van der Waals surface area (Å²) in [5, 5.41) is 15.1. The van der Waals surface area contributed by atoms with Crippen molar-refractivity contribution in [2.75, 3.05) is 0 Å². The third-order valence-corrected chi connectivity index (χ3v) is 4.45. The molecular formula is C15H11ClN4O6S. The SMILES string of the molecule is O=[N+]([O-])c1ccc(C=C2CCc3cnc4scn[n+]4c32)cc1.[O-][Cl+3]([O-])([O-])[O-]. The smallest absolute Gasteiger partial charge is 0.258 e. The second-order valence-electron chi connectivity index (χ2n) is 5.46. The van der Waals surface area contributed by atoms with Crippen LogP contribution >= 0.6 is 11.3 Å². The van der Waals surface area contributed by atoms with Crippen LogP contribution in [0.25, 0.3) is 16.6 Å². The number of benzene rings is 1. The first-order valence-corrected chi connectivity index (χ1v) is 9.54. The molecule has 1 aromatic carbocycles. The quantitative estimate of drug-likeness (QED) is 0.263. The molecule has 0 unspecified atom stereocenters. The first-order chi connectivity index (χ1) is 12.7. The maximum absolute atomic E-state index is 10.7. The van der Waals surface area contributed by atoms with Gasteiger partial charge in [0.05, 0.1) is 4.92 Å². The number of nitrogens with zero attached hydrogens (tertiary/aromatic N) is 4. The summed E-state index contributed by atoms with van der Waals surface area (Å²) in [5.41, 5.74) is 6.32. The molecule has 0 saturated carbocycles. The topological polar surface area (TPSA) is 165 Å². The number of aryl methyl sites for hydroxylation is 1. The van der Waals surface area contributed by atoms with E-state index in [4.69, 9.17) is 18.6 Å². The van der Waals surface area contributed by atoms with Crippen molar-refractivity contribution in [1.29, 1.82) is 0 Å². The van der Waals surface area contributed by atoms with Crippen LogP contribution in [0.5, 0.6) is 0 Å². The monoisotopic (exact) mass is 410 g/mol. The molecule has 12 heteroatoms. The molecule has 0 saturated heterocycles. The van der Waals surface area contributed by atoms with E-state index in [2.05, 4.69) is 16.2 Å². The summed E-state index contributed by atoms with van der Waals surface area (Å²) in [5.74, 6) is 0. The fourth-order valence-corrected chi connectivity index (χ4v) is 3.32. The van der Waals surface area contributed by atoms with Crippen molar-refractivity contribution in [3.63, 3.8) is 0 Å². The number of fused-ring (bicyclic) bond motifs is 3. The van der Waals surface area contributed by atoms with Crippen molar-refractivity contribution in [3.05, 3.63) is 62.9 Å². The number of rotatable bonds is 2. The first kappa shape index (κ1) is 19.2. The summed E-state index contributed by atoms with van der Waals surface area (Å²) < 4.78 is 35.9. The van der Waals surface area contributed by atoms with Crippen LogP contribution in [0.3, 0.4) is 0 Å². The van der Waals surface area contributed by atoms with Crippen molar-refractivity contribution in [1.82, 2.24) is 10.1 Å². The number of hydrogen-bond acceptors (Lipinski definition) is 9. The Morgan fingerprint density at radius 2 is 1.81 bits per heavy atom. The minimum atomic E-state index is -4.94. The third-order valence-electron chi connectivity index (χ3n) is 3.76. The van der Waals surface area contributed by atoms with Crippen molar-refractivity contribution < 1.29 is 38.3 Å². The Bertz CT molecular complexity index is 1010. The van der Waals surface area contributed by atoms with Gasteiger partial charge in [0.15, 0.2) is 5.69 Å². The van der Waals surface area contributed by atoms with Crippen molar-refractivity contribution in [3.8, 4) is 0 Å². The zero-order valence-corrected chi connectivity index (χ0v) is 15.1. The zero-order valence-electron chi connectivity index (χ0n) is 13.5. The highest BCUT2D eigenvalue weighted by atomic mass is 35.7. The average molecular weight is 411 g/mol. The Labute approximate surface area is 158 Å². The van der Waals surface area contributed by atoms with Gasteiger partial charge in [-0.1, -0.05) is 9.61 Å². The van der Waals surface area contributed by atoms with Gasteiger partial charge in [0, 0.05) is 23.3 Å². The maximum Gasteiger partial charge on any atom is 0.409 e. The number of nitro benzene ring substituents is 1. The lowest BCUT2D eigenvalue weighted by molar-refractivity contribution is -2.00. The van der Waals surface area contributed by atoms with Crippen LogP contribution in [0.1, 0.15) is 23.2 Å². The lowest BCUT2D eigenvalue weighted by atomic mass is 10.1. The summed E-state index contributed by atoms with van der Waals surface area (Å²) in [6.45, 7) is 0. The normalized spacial score (nSPS) is 14.7. The van der Waals surface area contributed by atoms with Gasteiger partial charge in [-0.25, -0.2) is 18.6 Å². The number of hydrogen-bond donors (Lipinski definition) is 0. The van der Waals surface area contributed by atoms with Crippen molar-refractivity contribution >= 4 is 33.6 Å². The summed E-state index contributed by atoms with van der Waals surface area (Å²) in [6, 6.07) is 6.60. The molecule has 0 radical (unpaired) electrons. The molecule has 0 bridgehead atoms. The van der Waals surface area contributed by atoms with Gasteiger partial charge in [0.25, 0.3) is 5.69 Å². The van der Waals surface area contributed by atoms with E-state index in [0.717, 1.165) is 29.1 Å². The van der Waals surface area contributed by atoms with E-state index in [1.165, 1.54) is 34.6 Å². The van der Waals surface area contributed by atoms with Gasteiger partial charge in [-0.3, -0.25) is 10.1 Å². The van der Waals surface area contributed by atoms with Crippen LogP contribution < -0.4 is 23.2 Å². The Morgan fingerprint density at radius 3 is 2.44 bits per heavy atom. The molecule has 10 nitrogen and oxygen atoms in total. The summed E-state index contributed by atoms with van der Waals surface area (Å²) >= 11 is 1.51. The van der Waals surface area contributed by atoms with Gasteiger partial charge >= 0.3 is 4.96 Å². The van der Waals surface area contributed by atoms with E-state index < -0.39 is 10.2 Å². The fraction of sp³-hybridized carbons (Fsp3) is 0.133. The van der Waals surface area contributed by atoms with Gasteiger partial charge in [0.1, 0.15) is 11.7 Å². The molecule has 4 rings (SSSR count). The van der Waals surface area contributed by atoms with Crippen LogP contribution in [0.2, 0.25) is 0 Å². The van der Waals surface area contributed by atoms with Crippen molar-refractivity contribution in [2.24, 2.45) is 0 Å². The molecule has 2 aromatic heterocycles. The first-order valence-electron chi connectivity index (χ1n) is 7.43. The second-order valence-corrected chi connectivity index (χ2v) is 7.03. The largest absolute Gasteiger partial charge is 0.409 e. The van der Waals surface area contributed by atoms with Crippen LogP contribution in [-0.4, -0.2) is 15.0 Å². The van der Waals surface area contributed by atoms with E-state index in [0.29, 0.717) is 0 Å². The average Bonchev–Trinajstić information content (AvgIpc) is 3.20. The number of non-ortho nitro benzene ring substituents is 1. The highest BCUT2D eigenvalue weighted by Gasteiger charge is 2.27. The fourth-order valence-electron chi connectivity index (χ4n) is 2.73. The van der Waals surface area contributed by atoms with Crippen LogP contribution in [-0.2, 0) is 6.42 Å². The van der Waals surface area contributed by atoms with Crippen LogP contribution in [0.15, 0.2) is 36.0 Å². The highest BCUT2D eigenvalue weighted by molar-refractivity contribution is 7.14. The highest BCUT2D eigenvalue weighted by Crippen LogP contribution is 2.31. The van der Waals surface area contributed by atoms with Gasteiger partial charge in [-0.05, 0) is 52.9 Å². The molecule has 0 atom stereocenters. The molecule has 0 spiro atoms. The Morgan fingerprint density at radius 1 is 1.15 bits per heavy atom. The second kappa shape index (κ2) is 7.60. The van der Waals surface area contributed by atoms with E-state index in [1.807, 2.05) is 10.7 Å². The molecule has 0 N–H and O–H groups in total. The molecule has 27 heavy (non-hydrogen) atoms. The lowest BCUT2D eigenvalue weighted by Crippen LogP contribution is -2.68. The molecule has 1 aliphatic carbocycles. The predicted octanol–water partition coefficient (Wildman–Crippen LogP) is -2.08. The van der Waals surface area contributed by atoms with E-state index >= 15 is 0 Å². The van der Waals surface area contributed by atoms with Gasteiger partial charge in [0.2, 0.25) is 0 Å². The molecule has 0 amide bonds. The maximum atomic E-state index is 10.7. The predicted molar refractivity (Wildman–Crippen MR) is 82.4 cm³/mol.